The SMILES string of the molecule is CCN(CC(=O)N[C@@H]1CCCCNC1=O)Cc1ccccc1. The maximum Gasteiger partial charge on any atom is 0.242 e. The maximum absolute atomic E-state index is 12.2. The lowest BCUT2D eigenvalue weighted by atomic mass is 10.1. The van der Waals surface area contributed by atoms with E-state index in [0.29, 0.717) is 13.1 Å². The smallest absolute Gasteiger partial charge is 0.242 e. The number of amides is 2. The summed E-state index contributed by atoms with van der Waals surface area (Å²) in [6.45, 7) is 4.59. The highest BCUT2D eigenvalue weighted by Crippen LogP contribution is 2.06. The summed E-state index contributed by atoms with van der Waals surface area (Å²) in [6, 6.07) is 9.71. The van der Waals surface area contributed by atoms with Gasteiger partial charge in [0.2, 0.25) is 11.8 Å². The van der Waals surface area contributed by atoms with E-state index in [0.717, 1.165) is 32.4 Å². The molecule has 0 aromatic heterocycles. The molecule has 120 valence electrons. The molecule has 1 atom stereocenters. The summed E-state index contributed by atoms with van der Waals surface area (Å²) in [5.41, 5.74) is 1.18. The first-order valence-electron chi connectivity index (χ1n) is 8.02. The van der Waals surface area contributed by atoms with E-state index < -0.39 is 0 Å². The topological polar surface area (TPSA) is 61.4 Å². The lowest BCUT2D eigenvalue weighted by Gasteiger charge is -2.22. The van der Waals surface area contributed by atoms with Crippen LogP contribution in [0.2, 0.25) is 0 Å². The Bertz CT molecular complexity index is 490. The van der Waals surface area contributed by atoms with Gasteiger partial charge < -0.3 is 10.6 Å². The Labute approximate surface area is 132 Å². The molecule has 0 unspecified atom stereocenters. The fourth-order valence-corrected chi connectivity index (χ4v) is 2.64. The summed E-state index contributed by atoms with van der Waals surface area (Å²) in [6.07, 6.45) is 2.67. The zero-order chi connectivity index (χ0) is 15.8. The van der Waals surface area contributed by atoms with E-state index in [1.54, 1.807) is 0 Å². The van der Waals surface area contributed by atoms with Crippen molar-refractivity contribution in [3.8, 4) is 0 Å². The standard InChI is InChI=1S/C17H25N3O2/c1-2-20(12-14-8-4-3-5-9-14)13-16(21)19-15-10-6-7-11-18-17(15)22/h3-5,8-9,15H,2,6-7,10-13H2,1H3,(H,18,22)(H,19,21)/t15-/m1/s1. The molecular formula is C17H25N3O2. The number of nitrogens with zero attached hydrogens (tertiary/aromatic N) is 1. The molecule has 0 saturated carbocycles. The number of rotatable bonds is 6. The van der Waals surface area contributed by atoms with Crippen LogP contribution in [0, 0.1) is 0 Å². The highest BCUT2D eigenvalue weighted by atomic mass is 16.2. The number of nitrogens with one attached hydrogen (secondary N) is 2. The molecule has 1 aliphatic rings. The molecule has 1 aromatic carbocycles. The average Bonchev–Trinajstić information content (AvgIpc) is 2.72. The van der Waals surface area contributed by atoms with Gasteiger partial charge in [-0.15, -0.1) is 0 Å². The highest BCUT2D eigenvalue weighted by molar-refractivity contribution is 5.88. The van der Waals surface area contributed by atoms with Gasteiger partial charge in [-0.3, -0.25) is 14.5 Å². The van der Waals surface area contributed by atoms with Crippen LogP contribution in [0.1, 0.15) is 31.7 Å². The third-order valence-corrected chi connectivity index (χ3v) is 3.93. The minimum atomic E-state index is -0.384. The third kappa shape index (κ3) is 5.15. The van der Waals surface area contributed by atoms with Gasteiger partial charge in [0, 0.05) is 13.1 Å². The Balaban J connectivity index is 1.84. The van der Waals surface area contributed by atoms with Crippen molar-refractivity contribution in [2.75, 3.05) is 19.6 Å². The van der Waals surface area contributed by atoms with E-state index in [9.17, 15) is 9.59 Å². The monoisotopic (exact) mass is 303 g/mol. The number of benzene rings is 1. The number of carbonyl (C=O) groups excluding carboxylic acids is 2. The lowest BCUT2D eigenvalue weighted by Crippen LogP contribution is -2.48. The zero-order valence-corrected chi connectivity index (χ0v) is 13.2. The molecule has 0 aliphatic carbocycles. The van der Waals surface area contributed by atoms with Gasteiger partial charge in [0.05, 0.1) is 6.54 Å². The molecule has 2 N–H and O–H groups in total. The van der Waals surface area contributed by atoms with Crippen LogP contribution in [-0.2, 0) is 16.1 Å². The van der Waals surface area contributed by atoms with Crippen molar-refractivity contribution < 1.29 is 9.59 Å². The van der Waals surface area contributed by atoms with Gasteiger partial charge in [-0.2, -0.15) is 0 Å². The molecule has 1 fully saturated rings. The second kappa shape index (κ2) is 8.54. The maximum atomic E-state index is 12.2. The second-order valence-corrected chi connectivity index (χ2v) is 5.70. The van der Waals surface area contributed by atoms with E-state index in [2.05, 4.69) is 27.7 Å². The van der Waals surface area contributed by atoms with Gasteiger partial charge in [-0.25, -0.2) is 0 Å². The van der Waals surface area contributed by atoms with Crippen LogP contribution in [0.3, 0.4) is 0 Å². The predicted octanol–water partition coefficient (Wildman–Crippen LogP) is 1.29. The largest absolute Gasteiger partial charge is 0.354 e. The molecular weight excluding hydrogens is 278 g/mol. The van der Waals surface area contributed by atoms with Crippen molar-refractivity contribution in [3.63, 3.8) is 0 Å². The Kier molecular flexibility index (Phi) is 6.40. The molecule has 2 amide bonds. The summed E-state index contributed by atoms with van der Waals surface area (Å²) < 4.78 is 0. The number of likely N-dealkylation sites (N-methyl/N-ethyl adjacent to an activating group) is 1. The van der Waals surface area contributed by atoms with Crippen molar-refractivity contribution in [2.45, 2.75) is 38.8 Å². The molecule has 0 bridgehead atoms. The van der Waals surface area contributed by atoms with Crippen molar-refractivity contribution in [1.82, 2.24) is 15.5 Å². The third-order valence-electron chi connectivity index (χ3n) is 3.93. The van der Waals surface area contributed by atoms with Crippen molar-refractivity contribution in [2.24, 2.45) is 0 Å². The first-order valence-corrected chi connectivity index (χ1v) is 8.02. The Morgan fingerprint density at radius 1 is 1.32 bits per heavy atom. The molecule has 22 heavy (non-hydrogen) atoms. The van der Waals surface area contributed by atoms with Crippen molar-refractivity contribution >= 4 is 11.8 Å². The Morgan fingerprint density at radius 3 is 2.82 bits per heavy atom. The lowest BCUT2D eigenvalue weighted by molar-refractivity contribution is -0.129. The molecule has 1 saturated heterocycles. The highest BCUT2D eigenvalue weighted by Gasteiger charge is 2.22. The van der Waals surface area contributed by atoms with Gasteiger partial charge in [0.1, 0.15) is 6.04 Å². The van der Waals surface area contributed by atoms with Crippen LogP contribution in [0.15, 0.2) is 30.3 Å². The van der Waals surface area contributed by atoms with Crippen LogP contribution >= 0.6 is 0 Å². The first-order chi connectivity index (χ1) is 10.7. The fourth-order valence-electron chi connectivity index (χ4n) is 2.64. The summed E-state index contributed by atoms with van der Waals surface area (Å²) in [5.74, 6) is -0.142. The molecule has 1 aromatic rings. The van der Waals surface area contributed by atoms with Gasteiger partial charge >= 0.3 is 0 Å². The summed E-state index contributed by atoms with van der Waals surface area (Å²) in [7, 11) is 0. The molecule has 5 heteroatoms. The van der Waals surface area contributed by atoms with Gasteiger partial charge in [-0.1, -0.05) is 37.3 Å². The van der Waals surface area contributed by atoms with Crippen LogP contribution in [-0.4, -0.2) is 42.4 Å². The number of carbonyl (C=O) groups is 2. The normalized spacial score (nSPS) is 18.6. The molecule has 2 rings (SSSR count). The van der Waals surface area contributed by atoms with E-state index in [1.165, 1.54) is 5.56 Å². The number of hydrogen-bond donors (Lipinski definition) is 2. The van der Waals surface area contributed by atoms with Crippen molar-refractivity contribution in [1.29, 1.82) is 0 Å². The summed E-state index contributed by atoms with van der Waals surface area (Å²) in [5, 5.41) is 5.71. The van der Waals surface area contributed by atoms with Gasteiger partial charge in [0.25, 0.3) is 0 Å². The molecule has 5 nitrogen and oxygen atoms in total. The van der Waals surface area contributed by atoms with Gasteiger partial charge in [-0.05, 0) is 31.4 Å². The minimum Gasteiger partial charge on any atom is -0.354 e. The van der Waals surface area contributed by atoms with Crippen LogP contribution in [0.5, 0.6) is 0 Å². The Morgan fingerprint density at radius 2 is 2.09 bits per heavy atom. The van der Waals surface area contributed by atoms with E-state index in [-0.39, 0.29) is 17.9 Å². The zero-order valence-electron chi connectivity index (χ0n) is 13.2. The molecule has 0 spiro atoms. The van der Waals surface area contributed by atoms with E-state index in [1.807, 2.05) is 25.1 Å². The predicted molar refractivity (Wildman–Crippen MR) is 86.2 cm³/mol. The minimum absolute atomic E-state index is 0.0584. The van der Waals surface area contributed by atoms with Crippen molar-refractivity contribution in [3.05, 3.63) is 35.9 Å². The van der Waals surface area contributed by atoms with Crippen LogP contribution in [0.4, 0.5) is 0 Å². The van der Waals surface area contributed by atoms with Gasteiger partial charge in [0.15, 0.2) is 0 Å². The molecule has 1 heterocycles. The molecule has 1 aliphatic heterocycles. The van der Waals surface area contributed by atoms with Crippen LogP contribution < -0.4 is 10.6 Å². The van der Waals surface area contributed by atoms with E-state index in [4.69, 9.17) is 0 Å². The summed E-state index contributed by atoms with van der Waals surface area (Å²) in [4.78, 5) is 26.1. The number of hydrogen-bond acceptors (Lipinski definition) is 3. The van der Waals surface area contributed by atoms with E-state index >= 15 is 0 Å². The quantitative estimate of drug-likeness (QED) is 0.832. The fraction of sp³-hybridized carbons (Fsp3) is 0.529. The second-order valence-electron chi connectivity index (χ2n) is 5.70. The molecule has 0 radical (unpaired) electrons. The summed E-state index contributed by atoms with van der Waals surface area (Å²) >= 11 is 0. The van der Waals surface area contributed by atoms with Crippen LogP contribution in [0.25, 0.3) is 0 Å². The Hall–Kier alpha value is -1.88. The first kappa shape index (κ1) is 16.5. The average molecular weight is 303 g/mol.